The molecule has 4 heterocycles. The van der Waals surface area contributed by atoms with Crippen LogP contribution in [0.3, 0.4) is 0 Å². The van der Waals surface area contributed by atoms with E-state index < -0.39 is 0 Å². The molecule has 1 fully saturated rings. The van der Waals surface area contributed by atoms with Crippen molar-refractivity contribution in [2.24, 2.45) is 0 Å². The molecule has 0 bridgehead atoms. The SMILES string of the molecule is COC[C@@H](NC1CCN(c2ncnc3ccsc23)CC1)c1ccccn1. The second kappa shape index (κ2) is 8.07. The molecule has 0 saturated carbocycles. The predicted octanol–water partition coefficient (Wildman–Crippen LogP) is 3.03. The number of piperidine rings is 1. The lowest BCUT2D eigenvalue weighted by atomic mass is 10.0. The van der Waals surface area contributed by atoms with Crippen LogP contribution < -0.4 is 10.2 Å². The Hall–Kier alpha value is -2.09. The number of fused-ring (bicyclic) bond motifs is 1. The lowest BCUT2D eigenvalue weighted by molar-refractivity contribution is 0.156. The van der Waals surface area contributed by atoms with Crippen molar-refractivity contribution in [2.45, 2.75) is 24.9 Å². The van der Waals surface area contributed by atoms with Crippen LogP contribution in [0.4, 0.5) is 5.82 Å². The molecule has 1 N–H and O–H groups in total. The van der Waals surface area contributed by atoms with Crippen LogP contribution in [0.1, 0.15) is 24.6 Å². The fourth-order valence-electron chi connectivity index (χ4n) is 3.51. The zero-order chi connectivity index (χ0) is 17.8. The Bertz CT molecular complexity index is 832. The molecule has 1 aliphatic rings. The largest absolute Gasteiger partial charge is 0.383 e. The summed E-state index contributed by atoms with van der Waals surface area (Å²) < 4.78 is 6.59. The van der Waals surface area contributed by atoms with Crippen LogP contribution in [0.15, 0.2) is 42.2 Å². The number of hydrogen-bond acceptors (Lipinski definition) is 7. The highest BCUT2D eigenvalue weighted by atomic mass is 32.1. The third kappa shape index (κ3) is 3.70. The van der Waals surface area contributed by atoms with Crippen LogP contribution in [-0.4, -0.2) is 47.8 Å². The van der Waals surface area contributed by atoms with Gasteiger partial charge in [-0.15, -0.1) is 11.3 Å². The summed E-state index contributed by atoms with van der Waals surface area (Å²) in [5, 5.41) is 5.82. The Morgan fingerprint density at radius 1 is 1.23 bits per heavy atom. The summed E-state index contributed by atoms with van der Waals surface area (Å²) >= 11 is 1.72. The second-order valence-electron chi connectivity index (χ2n) is 6.52. The highest BCUT2D eigenvalue weighted by Gasteiger charge is 2.24. The summed E-state index contributed by atoms with van der Waals surface area (Å²) in [4.78, 5) is 15.8. The second-order valence-corrected chi connectivity index (χ2v) is 7.44. The summed E-state index contributed by atoms with van der Waals surface area (Å²) in [6, 6.07) is 8.66. The van der Waals surface area contributed by atoms with Gasteiger partial charge in [0, 0.05) is 32.4 Å². The van der Waals surface area contributed by atoms with Crippen molar-refractivity contribution < 1.29 is 4.74 Å². The molecule has 1 atom stereocenters. The van der Waals surface area contributed by atoms with Crippen molar-refractivity contribution in [1.82, 2.24) is 20.3 Å². The minimum atomic E-state index is 0.126. The van der Waals surface area contributed by atoms with Crippen molar-refractivity contribution in [2.75, 3.05) is 31.7 Å². The number of nitrogens with one attached hydrogen (secondary N) is 1. The number of pyridine rings is 1. The van der Waals surface area contributed by atoms with Crippen molar-refractivity contribution >= 4 is 27.4 Å². The molecule has 0 radical (unpaired) electrons. The highest BCUT2D eigenvalue weighted by molar-refractivity contribution is 7.17. The maximum absolute atomic E-state index is 5.40. The molecule has 0 aliphatic carbocycles. The van der Waals surface area contributed by atoms with Gasteiger partial charge in [0.1, 0.15) is 12.1 Å². The number of hydrogen-bond donors (Lipinski definition) is 1. The Morgan fingerprint density at radius 2 is 2.12 bits per heavy atom. The summed E-state index contributed by atoms with van der Waals surface area (Å²) in [6.45, 7) is 2.60. The van der Waals surface area contributed by atoms with Gasteiger partial charge in [0.15, 0.2) is 0 Å². The van der Waals surface area contributed by atoms with Gasteiger partial charge in [-0.25, -0.2) is 9.97 Å². The molecule has 0 amide bonds. The van der Waals surface area contributed by atoms with E-state index in [0.717, 1.165) is 43.0 Å². The lowest BCUT2D eigenvalue weighted by Crippen LogP contribution is -2.45. The number of aromatic nitrogens is 3. The molecule has 136 valence electrons. The molecule has 4 rings (SSSR count). The monoisotopic (exact) mass is 369 g/mol. The molecule has 0 spiro atoms. The van der Waals surface area contributed by atoms with Gasteiger partial charge in [0.05, 0.1) is 28.6 Å². The zero-order valence-electron chi connectivity index (χ0n) is 14.8. The Morgan fingerprint density at radius 3 is 2.88 bits per heavy atom. The maximum Gasteiger partial charge on any atom is 0.150 e. The summed E-state index contributed by atoms with van der Waals surface area (Å²) in [7, 11) is 1.74. The van der Waals surface area contributed by atoms with Crippen LogP contribution in [0.25, 0.3) is 10.2 Å². The predicted molar refractivity (Wildman–Crippen MR) is 105 cm³/mol. The number of nitrogens with zero attached hydrogens (tertiary/aromatic N) is 4. The van der Waals surface area contributed by atoms with E-state index in [0.29, 0.717) is 12.6 Å². The number of anilines is 1. The first-order chi connectivity index (χ1) is 12.8. The third-order valence-corrected chi connectivity index (χ3v) is 5.73. The molecule has 0 unspecified atom stereocenters. The van der Waals surface area contributed by atoms with Gasteiger partial charge >= 0.3 is 0 Å². The van der Waals surface area contributed by atoms with E-state index in [4.69, 9.17) is 4.74 Å². The van der Waals surface area contributed by atoms with E-state index in [1.807, 2.05) is 18.3 Å². The molecular formula is C19H23N5OS. The van der Waals surface area contributed by atoms with Crippen LogP contribution in [0.2, 0.25) is 0 Å². The quantitative estimate of drug-likeness (QED) is 0.721. The van der Waals surface area contributed by atoms with Crippen LogP contribution >= 0.6 is 11.3 Å². The van der Waals surface area contributed by atoms with E-state index >= 15 is 0 Å². The van der Waals surface area contributed by atoms with Gasteiger partial charge in [-0.05, 0) is 36.4 Å². The topological polar surface area (TPSA) is 63.2 Å². The zero-order valence-corrected chi connectivity index (χ0v) is 15.7. The molecule has 1 saturated heterocycles. The standard InChI is InChI=1S/C19H23N5OS/c1-25-12-17(15-4-2-3-8-20-15)23-14-5-9-24(10-6-14)19-18-16(7-11-26-18)21-13-22-19/h2-4,7-8,11,13-14,17,23H,5-6,9-10,12H2,1H3/t17-/m1/s1. The molecule has 1 aliphatic heterocycles. The Balaban J connectivity index is 1.41. The lowest BCUT2D eigenvalue weighted by Gasteiger charge is -2.35. The minimum absolute atomic E-state index is 0.126. The van der Waals surface area contributed by atoms with Crippen LogP contribution in [0, 0.1) is 0 Å². The minimum Gasteiger partial charge on any atom is -0.383 e. The summed E-state index contributed by atoms with van der Waals surface area (Å²) in [5.41, 5.74) is 2.07. The van der Waals surface area contributed by atoms with Crippen molar-refractivity contribution in [1.29, 1.82) is 0 Å². The Kier molecular flexibility index (Phi) is 5.38. The number of rotatable bonds is 6. The molecule has 3 aromatic heterocycles. The van der Waals surface area contributed by atoms with Gasteiger partial charge in [-0.2, -0.15) is 0 Å². The van der Waals surface area contributed by atoms with Gasteiger partial charge in [-0.1, -0.05) is 6.07 Å². The molecule has 0 aromatic carbocycles. The van der Waals surface area contributed by atoms with E-state index in [1.165, 1.54) is 4.70 Å². The van der Waals surface area contributed by atoms with Gasteiger partial charge in [0.25, 0.3) is 0 Å². The summed E-state index contributed by atoms with van der Waals surface area (Å²) in [6.07, 6.45) is 5.65. The Labute approximate surface area is 157 Å². The van der Waals surface area contributed by atoms with Crippen LogP contribution in [-0.2, 0) is 4.74 Å². The van der Waals surface area contributed by atoms with Crippen molar-refractivity contribution in [3.63, 3.8) is 0 Å². The molecule has 7 heteroatoms. The van der Waals surface area contributed by atoms with Gasteiger partial charge in [-0.3, -0.25) is 4.98 Å². The molecule has 6 nitrogen and oxygen atoms in total. The molecule has 3 aromatic rings. The number of methoxy groups -OCH3 is 1. The number of ether oxygens (including phenoxy) is 1. The number of thiophene rings is 1. The average Bonchev–Trinajstić information content (AvgIpc) is 3.18. The first kappa shape index (κ1) is 17.3. The maximum atomic E-state index is 5.40. The first-order valence-electron chi connectivity index (χ1n) is 8.94. The van der Waals surface area contributed by atoms with Crippen molar-refractivity contribution in [3.05, 3.63) is 47.9 Å². The van der Waals surface area contributed by atoms with E-state index in [1.54, 1.807) is 24.8 Å². The smallest absolute Gasteiger partial charge is 0.150 e. The van der Waals surface area contributed by atoms with Gasteiger partial charge < -0.3 is 15.0 Å². The van der Waals surface area contributed by atoms with Crippen LogP contribution in [0.5, 0.6) is 0 Å². The van der Waals surface area contributed by atoms with Crippen molar-refractivity contribution in [3.8, 4) is 0 Å². The normalized spacial score (nSPS) is 16.9. The van der Waals surface area contributed by atoms with E-state index in [2.05, 4.69) is 42.7 Å². The first-order valence-corrected chi connectivity index (χ1v) is 9.82. The van der Waals surface area contributed by atoms with Gasteiger partial charge in [0.2, 0.25) is 0 Å². The summed E-state index contributed by atoms with van der Waals surface area (Å²) in [5.74, 6) is 1.07. The molecular weight excluding hydrogens is 346 g/mol. The molecule has 26 heavy (non-hydrogen) atoms. The van der Waals surface area contributed by atoms with E-state index in [-0.39, 0.29) is 6.04 Å². The fourth-order valence-corrected chi connectivity index (χ4v) is 4.37. The average molecular weight is 369 g/mol. The third-order valence-electron chi connectivity index (χ3n) is 4.83. The highest BCUT2D eigenvalue weighted by Crippen LogP contribution is 2.30. The fraction of sp³-hybridized carbons (Fsp3) is 0.421. The van der Waals surface area contributed by atoms with E-state index in [9.17, 15) is 0 Å².